The fourth-order valence-electron chi connectivity index (χ4n) is 2.45. The van der Waals surface area contributed by atoms with E-state index in [1.54, 1.807) is 0 Å². The highest BCUT2D eigenvalue weighted by molar-refractivity contribution is 5.79. The molecule has 2 N–H and O–H groups in total. The zero-order chi connectivity index (χ0) is 17.2. The minimum Gasteiger partial charge on any atom is -0.376 e. The molecule has 0 spiro atoms. The van der Waals surface area contributed by atoms with Crippen molar-refractivity contribution in [3.8, 4) is 0 Å². The normalized spacial score (nSPS) is 12.0. The molecule has 0 radical (unpaired) electrons. The van der Waals surface area contributed by atoms with Gasteiger partial charge in [-0.1, -0.05) is 54.6 Å². The highest BCUT2D eigenvalue weighted by atomic mass is 16.5. The van der Waals surface area contributed by atoms with Crippen LogP contribution in [0.4, 0.5) is 0 Å². The Labute approximate surface area is 143 Å². The van der Waals surface area contributed by atoms with Crippen LogP contribution >= 0.6 is 0 Å². The summed E-state index contributed by atoms with van der Waals surface area (Å²) < 4.78 is 11.1. The number of hydrogen-bond donors (Lipinski definition) is 1. The van der Waals surface area contributed by atoms with Crippen molar-refractivity contribution in [1.29, 1.82) is 0 Å². The summed E-state index contributed by atoms with van der Waals surface area (Å²) in [5.74, 6) is -0.421. The number of amides is 1. The van der Waals surface area contributed by atoms with Crippen molar-refractivity contribution in [3.63, 3.8) is 0 Å². The molecule has 4 heteroatoms. The first-order valence-corrected chi connectivity index (χ1v) is 8.29. The lowest BCUT2D eigenvalue weighted by molar-refractivity contribution is -0.129. The van der Waals surface area contributed by atoms with Gasteiger partial charge in [0.15, 0.2) is 0 Å². The van der Waals surface area contributed by atoms with Crippen molar-refractivity contribution in [1.82, 2.24) is 0 Å². The van der Waals surface area contributed by atoms with E-state index in [0.717, 1.165) is 12.0 Å². The van der Waals surface area contributed by atoms with Gasteiger partial charge < -0.3 is 15.2 Å². The molecular weight excluding hydrogens is 302 g/mol. The second kappa shape index (κ2) is 9.85. The molecule has 1 atom stereocenters. The van der Waals surface area contributed by atoms with E-state index < -0.39 is 12.0 Å². The average Bonchev–Trinajstić information content (AvgIpc) is 2.60. The minimum atomic E-state index is -0.560. The van der Waals surface area contributed by atoms with Crippen molar-refractivity contribution in [2.24, 2.45) is 5.73 Å². The molecule has 1 amide bonds. The highest BCUT2D eigenvalue weighted by Crippen LogP contribution is 2.10. The third-order valence-corrected chi connectivity index (χ3v) is 3.78. The molecule has 2 aromatic carbocycles. The van der Waals surface area contributed by atoms with Crippen LogP contribution in [0.1, 0.15) is 23.6 Å². The van der Waals surface area contributed by atoms with Gasteiger partial charge in [0.05, 0.1) is 13.2 Å². The van der Waals surface area contributed by atoms with Crippen LogP contribution in [-0.4, -0.2) is 25.2 Å². The Kier molecular flexibility index (Phi) is 7.46. The summed E-state index contributed by atoms with van der Waals surface area (Å²) in [5, 5.41) is 0. The van der Waals surface area contributed by atoms with E-state index in [4.69, 9.17) is 15.2 Å². The molecule has 2 aromatic rings. The van der Waals surface area contributed by atoms with E-state index in [1.807, 2.05) is 37.3 Å². The van der Waals surface area contributed by atoms with Crippen LogP contribution in [0, 0.1) is 0 Å². The maximum atomic E-state index is 11.3. The van der Waals surface area contributed by atoms with Gasteiger partial charge in [-0.15, -0.1) is 0 Å². The molecule has 0 aliphatic rings. The van der Waals surface area contributed by atoms with Crippen LogP contribution < -0.4 is 5.73 Å². The number of primary amides is 1. The predicted molar refractivity (Wildman–Crippen MR) is 94.6 cm³/mol. The zero-order valence-corrected chi connectivity index (χ0v) is 14.1. The van der Waals surface area contributed by atoms with Crippen LogP contribution in [0.5, 0.6) is 0 Å². The molecule has 0 aliphatic carbocycles. The van der Waals surface area contributed by atoms with E-state index in [2.05, 4.69) is 24.3 Å². The lowest BCUT2D eigenvalue weighted by Gasteiger charge is -2.13. The van der Waals surface area contributed by atoms with Crippen molar-refractivity contribution in [3.05, 3.63) is 71.3 Å². The fraction of sp³-hybridized carbons (Fsp3) is 0.350. The molecule has 128 valence electrons. The van der Waals surface area contributed by atoms with Crippen LogP contribution in [0.25, 0.3) is 0 Å². The third kappa shape index (κ3) is 6.14. The van der Waals surface area contributed by atoms with E-state index in [-0.39, 0.29) is 0 Å². The summed E-state index contributed by atoms with van der Waals surface area (Å²) in [7, 11) is 0. The SMILES string of the molecule is CCOC(Cc1ccc(CCOCc2ccccc2)cc1)C(N)=O. The van der Waals surface area contributed by atoms with Crippen LogP contribution in [0.3, 0.4) is 0 Å². The number of carbonyl (C=O) groups excluding carboxylic acids is 1. The molecule has 0 fully saturated rings. The maximum absolute atomic E-state index is 11.3. The summed E-state index contributed by atoms with van der Waals surface area (Å²) in [6, 6.07) is 18.3. The Morgan fingerprint density at radius 3 is 2.29 bits per heavy atom. The number of benzene rings is 2. The van der Waals surface area contributed by atoms with Crippen molar-refractivity contribution in [2.75, 3.05) is 13.2 Å². The molecule has 0 saturated heterocycles. The van der Waals surface area contributed by atoms with Gasteiger partial charge in [0.2, 0.25) is 5.91 Å². The lowest BCUT2D eigenvalue weighted by atomic mass is 10.0. The molecule has 4 nitrogen and oxygen atoms in total. The standard InChI is InChI=1S/C20H25NO3/c1-2-24-19(20(21)22)14-17-10-8-16(9-11-17)12-13-23-15-18-6-4-3-5-7-18/h3-11,19H,2,12-15H2,1H3,(H2,21,22). The number of ether oxygens (including phenoxy) is 2. The summed E-state index contributed by atoms with van der Waals surface area (Å²) in [6.45, 7) is 3.64. The van der Waals surface area contributed by atoms with Gasteiger partial charge in [0, 0.05) is 13.0 Å². The van der Waals surface area contributed by atoms with Crippen molar-refractivity contribution >= 4 is 5.91 Å². The largest absolute Gasteiger partial charge is 0.376 e. The number of nitrogens with two attached hydrogens (primary N) is 1. The first kappa shape index (κ1) is 18.2. The first-order valence-electron chi connectivity index (χ1n) is 8.29. The summed E-state index contributed by atoms with van der Waals surface area (Å²) in [6.07, 6.45) is 0.807. The van der Waals surface area contributed by atoms with Crippen LogP contribution in [0.15, 0.2) is 54.6 Å². The average molecular weight is 327 g/mol. The van der Waals surface area contributed by atoms with Gasteiger partial charge in [-0.05, 0) is 30.0 Å². The molecule has 24 heavy (non-hydrogen) atoms. The molecule has 0 saturated carbocycles. The van der Waals surface area contributed by atoms with Gasteiger partial charge in [-0.25, -0.2) is 0 Å². The Balaban J connectivity index is 1.76. The maximum Gasteiger partial charge on any atom is 0.246 e. The molecule has 1 unspecified atom stereocenters. The minimum absolute atomic E-state index is 0.421. The molecule has 0 heterocycles. The van der Waals surface area contributed by atoms with Crippen molar-refractivity contribution < 1.29 is 14.3 Å². The van der Waals surface area contributed by atoms with Crippen LogP contribution in [0.2, 0.25) is 0 Å². The summed E-state index contributed by atoms with van der Waals surface area (Å²) in [4.78, 5) is 11.3. The summed E-state index contributed by atoms with van der Waals surface area (Å²) in [5.41, 5.74) is 8.78. The second-order valence-electron chi connectivity index (χ2n) is 5.66. The quantitative estimate of drug-likeness (QED) is 0.683. The van der Waals surface area contributed by atoms with E-state index in [0.29, 0.717) is 26.2 Å². The topological polar surface area (TPSA) is 61.6 Å². The smallest absolute Gasteiger partial charge is 0.246 e. The van der Waals surface area contributed by atoms with Gasteiger partial charge in [-0.2, -0.15) is 0 Å². The molecule has 0 bridgehead atoms. The monoisotopic (exact) mass is 327 g/mol. The Morgan fingerprint density at radius 1 is 1.00 bits per heavy atom. The second-order valence-corrected chi connectivity index (χ2v) is 5.66. The zero-order valence-electron chi connectivity index (χ0n) is 14.1. The molecule has 2 rings (SSSR count). The Hall–Kier alpha value is -2.17. The summed E-state index contributed by atoms with van der Waals surface area (Å²) >= 11 is 0. The molecule has 0 aromatic heterocycles. The van der Waals surface area contributed by atoms with Gasteiger partial charge in [-0.3, -0.25) is 4.79 Å². The third-order valence-electron chi connectivity index (χ3n) is 3.78. The first-order chi connectivity index (χ1) is 11.7. The van der Waals surface area contributed by atoms with Crippen molar-refractivity contribution in [2.45, 2.75) is 32.5 Å². The van der Waals surface area contributed by atoms with Crippen LogP contribution in [-0.2, 0) is 33.7 Å². The Bertz CT molecular complexity index is 611. The van der Waals surface area contributed by atoms with Gasteiger partial charge in [0.25, 0.3) is 0 Å². The highest BCUT2D eigenvalue weighted by Gasteiger charge is 2.15. The number of carbonyl (C=O) groups is 1. The van der Waals surface area contributed by atoms with E-state index in [1.165, 1.54) is 11.1 Å². The predicted octanol–water partition coefficient (Wildman–Crippen LogP) is 2.88. The lowest BCUT2D eigenvalue weighted by Crippen LogP contribution is -2.33. The van der Waals surface area contributed by atoms with E-state index >= 15 is 0 Å². The Morgan fingerprint density at radius 2 is 1.67 bits per heavy atom. The van der Waals surface area contributed by atoms with Gasteiger partial charge in [0.1, 0.15) is 6.10 Å². The van der Waals surface area contributed by atoms with Gasteiger partial charge >= 0.3 is 0 Å². The number of rotatable bonds is 10. The van der Waals surface area contributed by atoms with E-state index in [9.17, 15) is 4.79 Å². The number of hydrogen-bond acceptors (Lipinski definition) is 3. The fourth-order valence-corrected chi connectivity index (χ4v) is 2.45. The molecular formula is C20H25NO3. The molecule has 0 aliphatic heterocycles.